The molecule has 0 bridgehead atoms. The van der Waals surface area contributed by atoms with Gasteiger partial charge in [-0.25, -0.2) is 9.37 Å². The molecule has 26 heavy (non-hydrogen) atoms. The van der Waals surface area contributed by atoms with Crippen LogP contribution in [0.2, 0.25) is 0 Å². The quantitative estimate of drug-likeness (QED) is 0.854. The number of aromatic nitrogens is 2. The Morgan fingerprint density at radius 1 is 1.27 bits per heavy atom. The second kappa shape index (κ2) is 7.86. The predicted octanol–water partition coefficient (Wildman–Crippen LogP) is 2.81. The third kappa shape index (κ3) is 4.04. The maximum Gasteiger partial charge on any atom is 0.221 e. The van der Waals surface area contributed by atoms with E-state index in [2.05, 4.69) is 15.3 Å². The predicted molar refractivity (Wildman–Crippen MR) is 99.2 cm³/mol. The molecule has 2 N–H and O–H groups in total. The molecule has 2 aromatic rings. The monoisotopic (exact) mass is 360 g/mol. The standard InChI is InChI=1S/C19H25FN4O2/c1-12-18(22-13(2)23-19(12)26-3)21-11-14-4-5-17(16(20)10-14)24-8-6-15(25)7-9-24/h4-5,10,15,25H,6-9,11H2,1-3H3,(H,21,22,23). The van der Waals surface area contributed by atoms with E-state index >= 15 is 0 Å². The Balaban J connectivity index is 1.70. The Morgan fingerprint density at radius 3 is 2.65 bits per heavy atom. The average molecular weight is 360 g/mol. The van der Waals surface area contributed by atoms with Crippen molar-refractivity contribution in [1.29, 1.82) is 0 Å². The Morgan fingerprint density at radius 2 is 2.00 bits per heavy atom. The first-order valence-electron chi connectivity index (χ1n) is 8.82. The van der Waals surface area contributed by atoms with Crippen molar-refractivity contribution in [3.05, 3.63) is 41.0 Å². The summed E-state index contributed by atoms with van der Waals surface area (Å²) in [5.41, 5.74) is 2.25. The van der Waals surface area contributed by atoms with Crippen LogP contribution in [0.5, 0.6) is 5.88 Å². The number of aryl methyl sites for hydroxylation is 1. The number of halogens is 1. The molecule has 7 heteroatoms. The number of nitrogens with zero attached hydrogens (tertiary/aromatic N) is 3. The van der Waals surface area contributed by atoms with Gasteiger partial charge >= 0.3 is 0 Å². The van der Waals surface area contributed by atoms with Crippen molar-refractivity contribution >= 4 is 11.5 Å². The van der Waals surface area contributed by atoms with Crippen LogP contribution in [0.1, 0.15) is 29.8 Å². The lowest BCUT2D eigenvalue weighted by Crippen LogP contribution is -2.36. The summed E-state index contributed by atoms with van der Waals surface area (Å²) in [6, 6.07) is 5.27. The van der Waals surface area contributed by atoms with Gasteiger partial charge in [-0.2, -0.15) is 4.98 Å². The molecular weight excluding hydrogens is 335 g/mol. The van der Waals surface area contributed by atoms with Crippen molar-refractivity contribution in [2.75, 3.05) is 30.4 Å². The maximum atomic E-state index is 14.5. The number of methoxy groups -OCH3 is 1. The van der Waals surface area contributed by atoms with E-state index in [-0.39, 0.29) is 11.9 Å². The van der Waals surface area contributed by atoms with Gasteiger partial charge in [0.1, 0.15) is 17.5 Å². The Bertz CT molecular complexity index is 776. The fraction of sp³-hybridized carbons (Fsp3) is 0.474. The van der Waals surface area contributed by atoms with Crippen LogP contribution in [0.15, 0.2) is 18.2 Å². The molecule has 1 aromatic carbocycles. The van der Waals surface area contributed by atoms with Crippen LogP contribution < -0.4 is 15.0 Å². The lowest BCUT2D eigenvalue weighted by Gasteiger charge is -2.31. The van der Waals surface area contributed by atoms with Crippen LogP contribution in [0.3, 0.4) is 0 Å². The van der Waals surface area contributed by atoms with Gasteiger partial charge in [0, 0.05) is 19.6 Å². The van der Waals surface area contributed by atoms with E-state index in [1.807, 2.05) is 24.0 Å². The molecule has 2 heterocycles. The summed E-state index contributed by atoms with van der Waals surface area (Å²) in [7, 11) is 1.58. The average Bonchev–Trinajstić information content (AvgIpc) is 2.63. The first-order valence-corrected chi connectivity index (χ1v) is 8.82. The molecule has 1 aliphatic rings. The van der Waals surface area contributed by atoms with Gasteiger partial charge in [-0.15, -0.1) is 0 Å². The highest BCUT2D eigenvalue weighted by molar-refractivity contribution is 5.52. The van der Waals surface area contributed by atoms with Crippen LogP contribution in [0, 0.1) is 19.7 Å². The van der Waals surface area contributed by atoms with E-state index in [1.54, 1.807) is 20.1 Å². The third-order valence-electron chi connectivity index (χ3n) is 4.68. The zero-order chi connectivity index (χ0) is 18.7. The summed E-state index contributed by atoms with van der Waals surface area (Å²) in [4.78, 5) is 10.6. The molecule has 0 spiro atoms. The summed E-state index contributed by atoms with van der Waals surface area (Å²) in [6.07, 6.45) is 1.09. The second-order valence-corrected chi connectivity index (χ2v) is 6.61. The first kappa shape index (κ1) is 18.4. The molecule has 6 nitrogen and oxygen atoms in total. The number of hydrogen-bond acceptors (Lipinski definition) is 6. The Labute approximate surface area is 153 Å². The molecule has 0 amide bonds. The summed E-state index contributed by atoms with van der Waals surface area (Å²) < 4.78 is 19.8. The van der Waals surface area contributed by atoms with Gasteiger partial charge in [0.05, 0.1) is 24.5 Å². The Hall–Kier alpha value is -2.41. The molecule has 140 valence electrons. The molecule has 0 unspecified atom stereocenters. The zero-order valence-corrected chi connectivity index (χ0v) is 15.4. The minimum atomic E-state index is -0.269. The maximum absolute atomic E-state index is 14.5. The van der Waals surface area contributed by atoms with Crippen LogP contribution in [0.25, 0.3) is 0 Å². The fourth-order valence-corrected chi connectivity index (χ4v) is 3.18. The minimum absolute atomic E-state index is 0.242. The summed E-state index contributed by atoms with van der Waals surface area (Å²) in [5.74, 6) is 1.59. The van der Waals surface area contributed by atoms with Crippen LogP contribution in [-0.4, -0.2) is 41.4 Å². The number of rotatable bonds is 5. The van der Waals surface area contributed by atoms with E-state index in [0.717, 1.165) is 11.1 Å². The molecule has 1 fully saturated rings. The third-order valence-corrected chi connectivity index (χ3v) is 4.68. The SMILES string of the molecule is COc1nc(C)nc(NCc2ccc(N3CCC(O)CC3)c(F)c2)c1C. The molecule has 0 radical (unpaired) electrons. The van der Waals surface area contributed by atoms with E-state index < -0.39 is 0 Å². The lowest BCUT2D eigenvalue weighted by molar-refractivity contribution is 0.145. The summed E-state index contributed by atoms with van der Waals surface area (Å²) in [6.45, 7) is 5.49. The van der Waals surface area contributed by atoms with Gasteiger partial charge in [0.15, 0.2) is 0 Å². The highest BCUT2D eigenvalue weighted by Crippen LogP contribution is 2.25. The number of hydrogen-bond donors (Lipinski definition) is 2. The molecule has 1 saturated heterocycles. The Kier molecular flexibility index (Phi) is 5.56. The van der Waals surface area contributed by atoms with Crippen molar-refractivity contribution in [1.82, 2.24) is 9.97 Å². The normalized spacial score (nSPS) is 15.2. The van der Waals surface area contributed by atoms with E-state index in [9.17, 15) is 9.50 Å². The van der Waals surface area contributed by atoms with Crippen molar-refractivity contribution < 1.29 is 14.2 Å². The van der Waals surface area contributed by atoms with Crippen molar-refractivity contribution in [3.63, 3.8) is 0 Å². The largest absolute Gasteiger partial charge is 0.481 e. The molecule has 0 saturated carbocycles. The number of aliphatic hydroxyl groups is 1. The van der Waals surface area contributed by atoms with Gasteiger partial charge in [0.25, 0.3) is 0 Å². The highest BCUT2D eigenvalue weighted by Gasteiger charge is 2.19. The topological polar surface area (TPSA) is 70.5 Å². The van der Waals surface area contributed by atoms with E-state index in [4.69, 9.17) is 4.74 Å². The van der Waals surface area contributed by atoms with E-state index in [0.29, 0.717) is 55.7 Å². The minimum Gasteiger partial charge on any atom is -0.481 e. The van der Waals surface area contributed by atoms with Crippen LogP contribution >= 0.6 is 0 Å². The van der Waals surface area contributed by atoms with Gasteiger partial charge in [0.2, 0.25) is 5.88 Å². The molecule has 3 rings (SSSR count). The van der Waals surface area contributed by atoms with Crippen molar-refractivity contribution in [2.45, 2.75) is 39.3 Å². The number of anilines is 2. The van der Waals surface area contributed by atoms with Gasteiger partial charge in [-0.3, -0.25) is 0 Å². The number of aliphatic hydroxyl groups excluding tert-OH is 1. The second-order valence-electron chi connectivity index (χ2n) is 6.61. The fourth-order valence-electron chi connectivity index (χ4n) is 3.18. The summed E-state index contributed by atoms with van der Waals surface area (Å²) >= 11 is 0. The van der Waals surface area contributed by atoms with Gasteiger partial charge < -0.3 is 20.1 Å². The van der Waals surface area contributed by atoms with Gasteiger partial charge in [-0.1, -0.05) is 6.07 Å². The summed E-state index contributed by atoms with van der Waals surface area (Å²) in [5, 5.41) is 12.8. The first-order chi connectivity index (χ1) is 12.5. The van der Waals surface area contributed by atoms with Gasteiger partial charge in [-0.05, 0) is 44.4 Å². The smallest absolute Gasteiger partial charge is 0.221 e. The number of piperidine rings is 1. The lowest BCUT2D eigenvalue weighted by atomic mass is 10.1. The molecular formula is C19H25FN4O2. The molecule has 1 aliphatic heterocycles. The molecule has 1 aromatic heterocycles. The molecule has 0 atom stereocenters. The van der Waals surface area contributed by atoms with Crippen molar-refractivity contribution in [2.24, 2.45) is 0 Å². The zero-order valence-electron chi connectivity index (χ0n) is 15.4. The van der Waals surface area contributed by atoms with Crippen molar-refractivity contribution in [3.8, 4) is 5.88 Å². The molecule has 0 aliphatic carbocycles. The highest BCUT2D eigenvalue weighted by atomic mass is 19.1. The number of benzene rings is 1. The number of nitrogens with one attached hydrogen (secondary N) is 1. The van der Waals surface area contributed by atoms with Crippen LogP contribution in [-0.2, 0) is 6.54 Å². The van der Waals surface area contributed by atoms with Crippen LogP contribution in [0.4, 0.5) is 15.9 Å². The van der Waals surface area contributed by atoms with E-state index in [1.165, 1.54) is 0 Å². The number of ether oxygens (including phenoxy) is 1.